The van der Waals surface area contributed by atoms with Gasteiger partial charge < -0.3 is 57.1 Å². The molecule has 6 bridgehead atoms. The zero-order valence-corrected chi connectivity index (χ0v) is 49.4. The minimum absolute atomic E-state index is 0.0428. The van der Waals surface area contributed by atoms with E-state index in [1.54, 1.807) is 29.9 Å². The summed E-state index contributed by atoms with van der Waals surface area (Å²) in [5, 5.41) is 79.3. The first kappa shape index (κ1) is 57.9. The first-order valence-electron chi connectivity index (χ1n) is 30.5. The summed E-state index contributed by atoms with van der Waals surface area (Å²) in [4.78, 5) is 52.2. The number of phenols is 1. The molecule has 1 aromatic carbocycles. The number of guanidine groups is 1. The van der Waals surface area contributed by atoms with Crippen molar-refractivity contribution in [3.8, 4) is 17.6 Å². The van der Waals surface area contributed by atoms with E-state index in [0.29, 0.717) is 41.8 Å². The number of aliphatic hydroxyl groups is 5. The number of aromatic hydroxyl groups is 1. The van der Waals surface area contributed by atoms with Gasteiger partial charge in [0.15, 0.2) is 17.5 Å². The molecule has 1 aromatic heterocycles. The second kappa shape index (κ2) is 22.1. The number of nitrogens with two attached hydrogens (primary N) is 2. The lowest BCUT2D eigenvalue weighted by molar-refractivity contribution is -0.194. The van der Waals surface area contributed by atoms with Crippen molar-refractivity contribution in [3.63, 3.8) is 0 Å². The highest BCUT2D eigenvalue weighted by atomic mass is 33.1. The number of aliphatic hydroxyl groups excluding tert-OH is 3. The molecule has 82 heavy (non-hydrogen) atoms. The van der Waals surface area contributed by atoms with Gasteiger partial charge in [0.2, 0.25) is 0 Å². The number of aliphatic imine (C=N–C) groups is 1. The van der Waals surface area contributed by atoms with E-state index in [9.17, 15) is 40.2 Å². The summed E-state index contributed by atoms with van der Waals surface area (Å²) in [5.74, 6) is 4.04. The predicted molar refractivity (Wildman–Crippen MR) is 316 cm³/mol. The molecule has 0 radical (unpaired) electrons. The number of carbonyl (C=O) groups excluding carboxylic acids is 3. The molecule has 2 aliphatic heterocycles. The first-order valence-corrected chi connectivity index (χ1v) is 32.9. The van der Waals surface area contributed by atoms with Crippen LogP contribution in [0.3, 0.4) is 0 Å². The molecule has 8 aliphatic carbocycles. The van der Waals surface area contributed by atoms with E-state index in [0.717, 1.165) is 30.4 Å². The fraction of sp³-hybridized carbons (Fsp3) is 0.662. The Morgan fingerprint density at radius 1 is 0.939 bits per heavy atom. The molecule has 4 saturated carbocycles. The zero-order valence-electron chi connectivity index (χ0n) is 47.8. The third kappa shape index (κ3) is 9.54. The van der Waals surface area contributed by atoms with Crippen LogP contribution in [0.1, 0.15) is 121 Å². The number of esters is 1. The van der Waals surface area contributed by atoms with E-state index in [1.807, 2.05) is 37.5 Å². The van der Waals surface area contributed by atoms with Crippen LogP contribution in [0.15, 0.2) is 82.8 Å². The minimum atomic E-state index is -1.88. The van der Waals surface area contributed by atoms with Crippen molar-refractivity contribution in [3.05, 3.63) is 88.9 Å². The van der Waals surface area contributed by atoms with E-state index in [1.165, 1.54) is 16.4 Å². The number of ketones is 2. The number of hydrogen-bond donors (Lipinski definition) is 10. The number of Topliss-reactive ketones (excluding diaryl/α,β-unsaturated/α-hetero) is 2. The monoisotopic (exact) mass is 1160 g/mol. The Morgan fingerprint density at radius 3 is 2.48 bits per heavy atom. The maximum Gasteiger partial charge on any atom is 0.313 e. The summed E-state index contributed by atoms with van der Waals surface area (Å²) in [6.45, 7) is 8.39. The van der Waals surface area contributed by atoms with Crippen LogP contribution >= 0.6 is 21.6 Å². The van der Waals surface area contributed by atoms with Gasteiger partial charge in [-0.05, 0) is 158 Å². The number of phenolic OH excluding ortho intramolecular Hbond substituents is 1. The highest BCUT2D eigenvalue weighted by Crippen LogP contribution is 2.73. The molecule has 6 fully saturated rings. The average molecular weight is 1160 g/mol. The van der Waals surface area contributed by atoms with Crippen molar-refractivity contribution in [2.24, 2.45) is 110 Å². The molecule has 15 nitrogen and oxygen atoms in total. The van der Waals surface area contributed by atoms with Crippen molar-refractivity contribution < 1.29 is 49.8 Å². The Bertz CT molecular complexity index is 2980. The van der Waals surface area contributed by atoms with Crippen LogP contribution in [0.2, 0.25) is 0 Å². The van der Waals surface area contributed by atoms with E-state index >= 15 is 4.79 Å². The van der Waals surface area contributed by atoms with Gasteiger partial charge in [0.1, 0.15) is 5.75 Å². The normalized spacial score (nSPS) is 45.4. The molecule has 12 N–H and O–H groups in total. The predicted octanol–water partition coefficient (Wildman–Crippen LogP) is 6.90. The molecular formula is C65H85N5O10S2. The second-order valence-corrected chi connectivity index (χ2v) is 30.0. The quantitative estimate of drug-likeness (QED) is 0.0352. The SMILES string of the molecule is CC1CCC2=CC3C=CC4C(C5COC(=O)C5c5cc[nH]c5)C#CCC5CC6(O)C7=C8NCC(=O)CC(c9ccc(O)cc9)CSSCC9C(O)C(O)CC(C)(C7CCC6(CCN=C(N)N)C5C(C)(O)C(O)CC(C)C3C4C2C1)C9C8=O. The number of aromatic amines is 1. The highest BCUT2D eigenvalue weighted by Gasteiger charge is 2.75. The lowest BCUT2D eigenvalue weighted by atomic mass is 9.43. The Hall–Kier alpha value is -4.54. The summed E-state index contributed by atoms with van der Waals surface area (Å²) in [6, 6.07) is 8.81. The van der Waals surface area contributed by atoms with Gasteiger partial charge in [-0.1, -0.05) is 84.2 Å². The van der Waals surface area contributed by atoms with Crippen LogP contribution < -0.4 is 16.8 Å². The third-order valence-corrected chi connectivity index (χ3v) is 25.6. The fourth-order valence-electron chi connectivity index (χ4n) is 19.6. The molecule has 0 spiro atoms. The Morgan fingerprint density at radius 2 is 1.72 bits per heavy atom. The summed E-state index contributed by atoms with van der Waals surface area (Å²) < 4.78 is 6.03. The van der Waals surface area contributed by atoms with Gasteiger partial charge in [0.25, 0.3) is 0 Å². The number of ether oxygens (including phenoxy) is 1. The van der Waals surface area contributed by atoms with Crippen molar-refractivity contribution in [1.82, 2.24) is 10.3 Å². The second-order valence-electron chi connectivity index (χ2n) is 27.5. The van der Waals surface area contributed by atoms with Gasteiger partial charge in [-0.25, -0.2) is 0 Å². The van der Waals surface area contributed by atoms with Crippen LogP contribution in [0.25, 0.3) is 0 Å². The molecule has 442 valence electrons. The molecule has 23 atom stereocenters. The molecular weight excluding hydrogens is 1070 g/mol. The Kier molecular flexibility index (Phi) is 15.6. The molecule has 3 heterocycles. The number of carbonyl (C=O) groups is 3. The average Bonchev–Trinajstić information content (AvgIpc) is 1.37. The molecule has 23 unspecified atom stereocenters. The van der Waals surface area contributed by atoms with Crippen LogP contribution in [0.5, 0.6) is 5.75 Å². The van der Waals surface area contributed by atoms with Crippen molar-refractivity contribution in [1.29, 1.82) is 0 Å². The van der Waals surface area contributed by atoms with E-state index in [2.05, 4.69) is 59.2 Å². The van der Waals surface area contributed by atoms with E-state index in [-0.39, 0.29) is 141 Å². The van der Waals surface area contributed by atoms with Crippen molar-refractivity contribution >= 4 is 45.1 Å². The summed E-state index contributed by atoms with van der Waals surface area (Å²) in [5.41, 5.74) is 10.0. The molecule has 17 heteroatoms. The fourth-order valence-corrected chi connectivity index (χ4v) is 22.4. The number of H-pyrrole nitrogens is 1. The number of allylic oxidation sites excluding steroid dienone is 5. The minimum Gasteiger partial charge on any atom is -0.508 e. The van der Waals surface area contributed by atoms with Crippen LogP contribution in [0.4, 0.5) is 0 Å². The number of fused-ring (bicyclic) bond motifs is 8. The number of cyclic esters (lactones) is 1. The lowest BCUT2D eigenvalue weighted by Gasteiger charge is -2.63. The highest BCUT2D eigenvalue weighted by molar-refractivity contribution is 8.76. The molecule has 10 aliphatic rings. The standard InChI is InChI=1S/C65H85N5O10S2/c1-33-8-9-36-24-37-12-15-44-43(46-30-80-60(77)52(46)39-17-20-68-28-39)7-5-6-38-26-65(79)55-48(16-18-64(65,19-21-69-61(66)67)59(38)63(4,78)50(74)23-34(2)51(37)53(44)45(36)22-33)62(3)27-49(73)57(75)47-32-82-81-31-40(35-10-13-41(71)14-11-35)25-42(72)29-70-56(55)58(76)54(47)62/h10-15,17,20,24,28,33-34,37-38,40,43-54,57,59,68,70-71,73-75,78-79H,6,8-9,16,18-19,21-23,25-27,29-32H2,1-4H3,(H4,66,67,69). The first-order chi connectivity index (χ1) is 39.2. The van der Waals surface area contributed by atoms with Gasteiger partial charge in [0.05, 0.1) is 54.3 Å². The Balaban J connectivity index is 1.02. The Labute approximate surface area is 490 Å². The van der Waals surface area contributed by atoms with Crippen LogP contribution in [-0.4, -0.2) is 120 Å². The lowest BCUT2D eigenvalue weighted by Crippen LogP contribution is -2.67. The number of rotatable bonds is 6. The van der Waals surface area contributed by atoms with Gasteiger partial charge in [-0.3, -0.25) is 19.4 Å². The number of benzene rings is 1. The van der Waals surface area contributed by atoms with Crippen LogP contribution in [-0.2, 0) is 19.1 Å². The molecule has 2 saturated heterocycles. The molecule has 0 amide bonds. The van der Waals surface area contributed by atoms with Gasteiger partial charge >= 0.3 is 5.97 Å². The van der Waals surface area contributed by atoms with E-state index < -0.39 is 75.9 Å². The molecule has 12 rings (SSSR count). The van der Waals surface area contributed by atoms with Gasteiger partial charge in [-0.15, -0.1) is 5.92 Å². The maximum atomic E-state index is 16.1. The number of hydrogen-bond acceptors (Lipinski definition) is 14. The van der Waals surface area contributed by atoms with Crippen LogP contribution in [0, 0.1) is 106 Å². The zero-order chi connectivity index (χ0) is 57.8. The smallest absolute Gasteiger partial charge is 0.313 e. The van der Waals surface area contributed by atoms with Crippen molar-refractivity contribution in [2.45, 2.75) is 140 Å². The summed E-state index contributed by atoms with van der Waals surface area (Å²) >= 11 is 0. The maximum absolute atomic E-state index is 16.1. The summed E-state index contributed by atoms with van der Waals surface area (Å²) in [6.07, 6.45) is 12.2. The van der Waals surface area contributed by atoms with Crippen molar-refractivity contribution in [2.75, 3.05) is 31.2 Å². The number of aromatic nitrogens is 1. The van der Waals surface area contributed by atoms with Gasteiger partial charge in [0, 0.05) is 84.2 Å². The van der Waals surface area contributed by atoms with Gasteiger partial charge in [-0.2, -0.15) is 0 Å². The van der Waals surface area contributed by atoms with E-state index in [4.69, 9.17) is 16.2 Å². The number of nitrogens with one attached hydrogen (secondary N) is 2. The number of nitrogens with zero attached hydrogens (tertiary/aromatic N) is 1. The molecule has 2 aromatic rings. The topological polar surface area (TPSA) is 274 Å². The largest absolute Gasteiger partial charge is 0.508 e. The summed E-state index contributed by atoms with van der Waals surface area (Å²) in [7, 11) is 3.08. The third-order valence-electron chi connectivity index (χ3n) is 23.1.